The fourth-order valence-electron chi connectivity index (χ4n) is 3.65. The molecule has 3 atom stereocenters. The predicted octanol–water partition coefficient (Wildman–Crippen LogP) is 3.40. The van der Waals surface area contributed by atoms with Crippen molar-refractivity contribution in [3.05, 3.63) is 65.9 Å². The van der Waals surface area contributed by atoms with Crippen molar-refractivity contribution in [1.82, 2.24) is 5.32 Å². The Morgan fingerprint density at radius 3 is 2.85 bits per heavy atom. The molecule has 3 unspecified atom stereocenters. The molecule has 1 aromatic rings. The summed E-state index contributed by atoms with van der Waals surface area (Å²) in [5.74, 6) is 0. The summed E-state index contributed by atoms with van der Waals surface area (Å²) >= 11 is 0. The lowest BCUT2D eigenvalue weighted by Gasteiger charge is -2.34. The number of fused-ring (bicyclic) bond motifs is 2. The molecule has 0 radical (unpaired) electrons. The zero-order valence-electron chi connectivity index (χ0n) is 11.8. The number of hydrogen-bond donors (Lipinski definition) is 1. The second-order valence-corrected chi connectivity index (χ2v) is 5.86. The van der Waals surface area contributed by atoms with Crippen LogP contribution < -0.4 is 10.2 Å². The molecule has 0 fully saturated rings. The van der Waals surface area contributed by atoms with E-state index in [0.717, 1.165) is 12.8 Å². The predicted molar refractivity (Wildman–Crippen MR) is 83.6 cm³/mol. The zero-order valence-corrected chi connectivity index (χ0v) is 11.8. The first-order valence-electron chi connectivity index (χ1n) is 7.53. The second-order valence-electron chi connectivity index (χ2n) is 5.86. The molecule has 0 spiro atoms. The molecule has 20 heavy (non-hydrogen) atoms. The summed E-state index contributed by atoms with van der Waals surface area (Å²) < 4.78 is 0. The van der Waals surface area contributed by atoms with E-state index < -0.39 is 0 Å². The molecule has 0 amide bonds. The summed E-state index contributed by atoms with van der Waals surface area (Å²) in [6, 6.07) is 12.1. The lowest BCUT2D eigenvalue weighted by Crippen LogP contribution is -2.49. The van der Waals surface area contributed by atoms with Crippen LogP contribution in [-0.2, 0) is 0 Å². The molecule has 1 N–H and O–H groups in total. The van der Waals surface area contributed by atoms with Crippen LogP contribution in [0.25, 0.3) is 0 Å². The maximum absolute atomic E-state index is 3.74. The van der Waals surface area contributed by atoms with Gasteiger partial charge in [0.25, 0.3) is 0 Å². The van der Waals surface area contributed by atoms with Crippen LogP contribution in [0, 0.1) is 0 Å². The largest absolute Gasteiger partial charge is 0.336 e. The molecule has 102 valence electrons. The van der Waals surface area contributed by atoms with Gasteiger partial charge in [0.05, 0.1) is 12.1 Å². The summed E-state index contributed by atoms with van der Waals surface area (Å²) in [6.07, 6.45) is 11.6. The molecule has 2 heteroatoms. The van der Waals surface area contributed by atoms with E-state index in [9.17, 15) is 0 Å². The molecule has 0 saturated carbocycles. The Labute approximate surface area is 120 Å². The van der Waals surface area contributed by atoms with Crippen molar-refractivity contribution in [3.8, 4) is 0 Å². The number of allylic oxidation sites excluding steroid dienone is 2. The van der Waals surface area contributed by atoms with E-state index in [2.05, 4.69) is 71.8 Å². The van der Waals surface area contributed by atoms with E-state index >= 15 is 0 Å². The number of anilines is 1. The van der Waals surface area contributed by atoms with E-state index in [1.165, 1.54) is 17.0 Å². The summed E-state index contributed by atoms with van der Waals surface area (Å²) in [5.41, 5.74) is 4.30. The van der Waals surface area contributed by atoms with Gasteiger partial charge in [-0.15, -0.1) is 0 Å². The highest BCUT2D eigenvalue weighted by atomic mass is 15.2. The van der Waals surface area contributed by atoms with Crippen LogP contribution in [0.5, 0.6) is 0 Å². The van der Waals surface area contributed by atoms with Gasteiger partial charge in [0.2, 0.25) is 0 Å². The lowest BCUT2D eigenvalue weighted by molar-refractivity contribution is 0.493. The SMILES string of the molecule is CC1C=CC2C(N1)C1=C(CCC=C1)N2c1ccccc1. The molecule has 1 aromatic carbocycles. The first-order valence-corrected chi connectivity index (χ1v) is 7.53. The van der Waals surface area contributed by atoms with Gasteiger partial charge in [-0.1, -0.05) is 42.5 Å². The lowest BCUT2D eigenvalue weighted by atomic mass is 9.94. The van der Waals surface area contributed by atoms with Gasteiger partial charge in [-0.2, -0.15) is 0 Å². The number of para-hydroxylation sites is 1. The van der Waals surface area contributed by atoms with Crippen molar-refractivity contribution in [3.63, 3.8) is 0 Å². The minimum Gasteiger partial charge on any atom is -0.336 e. The first kappa shape index (κ1) is 12.0. The first-order chi connectivity index (χ1) is 9.84. The van der Waals surface area contributed by atoms with Gasteiger partial charge in [0.1, 0.15) is 0 Å². The summed E-state index contributed by atoms with van der Waals surface area (Å²) in [4.78, 5) is 2.53. The Morgan fingerprint density at radius 1 is 1.15 bits per heavy atom. The molecule has 0 bridgehead atoms. The van der Waals surface area contributed by atoms with Crippen molar-refractivity contribution >= 4 is 5.69 Å². The van der Waals surface area contributed by atoms with E-state index in [1.807, 2.05) is 0 Å². The maximum atomic E-state index is 3.74. The van der Waals surface area contributed by atoms with E-state index in [0.29, 0.717) is 18.1 Å². The smallest absolute Gasteiger partial charge is 0.0715 e. The minimum atomic E-state index is 0.418. The average molecular weight is 264 g/mol. The van der Waals surface area contributed by atoms with Crippen LogP contribution in [0.3, 0.4) is 0 Å². The molecular formula is C18H20N2. The van der Waals surface area contributed by atoms with Crippen LogP contribution in [0.1, 0.15) is 19.8 Å². The molecule has 2 heterocycles. The molecule has 1 aliphatic carbocycles. The van der Waals surface area contributed by atoms with Gasteiger partial charge in [-0.3, -0.25) is 0 Å². The highest BCUT2D eigenvalue weighted by molar-refractivity contribution is 5.63. The second kappa shape index (κ2) is 4.64. The van der Waals surface area contributed by atoms with Gasteiger partial charge in [0.15, 0.2) is 0 Å². The van der Waals surface area contributed by atoms with Gasteiger partial charge in [0, 0.05) is 17.4 Å². The van der Waals surface area contributed by atoms with Crippen molar-refractivity contribution in [2.75, 3.05) is 4.90 Å². The van der Waals surface area contributed by atoms with Crippen LogP contribution in [0.2, 0.25) is 0 Å². The maximum Gasteiger partial charge on any atom is 0.0715 e. The zero-order chi connectivity index (χ0) is 13.5. The van der Waals surface area contributed by atoms with Crippen LogP contribution in [0.15, 0.2) is 65.9 Å². The Morgan fingerprint density at radius 2 is 2.00 bits per heavy atom. The third-order valence-electron chi connectivity index (χ3n) is 4.52. The van der Waals surface area contributed by atoms with Crippen LogP contribution >= 0.6 is 0 Å². The Kier molecular flexibility index (Phi) is 2.78. The Balaban J connectivity index is 1.82. The van der Waals surface area contributed by atoms with E-state index in [4.69, 9.17) is 0 Å². The fourth-order valence-corrected chi connectivity index (χ4v) is 3.65. The quantitative estimate of drug-likeness (QED) is 0.782. The van der Waals surface area contributed by atoms with Crippen molar-refractivity contribution in [2.45, 2.75) is 37.9 Å². The Bertz CT molecular complexity index is 597. The number of nitrogens with zero attached hydrogens (tertiary/aromatic N) is 1. The molecule has 0 aromatic heterocycles. The van der Waals surface area contributed by atoms with Gasteiger partial charge in [-0.05, 0) is 37.5 Å². The molecule has 0 saturated heterocycles. The van der Waals surface area contributed by atoms with Crippen LogP contribution in [-0.4, -0.2) is 18.1 Å². The monoisotopic (exact) mass is 264 g/mol. The molecule has 2 nitrogen and oxygen atoms in total. The van der Waals surface area contributed by atoms with Crippen molar-refractivity contribution in [1.29, 1.82) is 0 Å². The minimum absolute atomic E-state index is 0.418. The molecular weight excluding hydrogens is 244 g/mol. The van der Waals surface area contributed by atoms with Crippen molar-refractivity contribution < 1.29 is 0 Å². The van der Waals surface area contributed by atoms with Crippen LogP contribution in [0.4, 0.5) is 5.69 Å². The van der Waals surface area contributed by atoms with Crippen molar-refractivity contribution in [2.24, 2.45) is 0 Å². The summed E-state index contributed by atoms with van der Waals surface area (Å²) in [7, 11) is 0. The molecule has 3 aliphatic rings. The normalized spacial score (nSPS) is 31.4. The molecule has 2 aliphatic heterocycles. The summed E-state index contributed by atoms with van der Waals surface area (Å²) in [6.45, 7) is 2.23. The average Bonchev–Trinajstić information content (AvgIpc) is 2.82. The highest BCUT2D eigenvalue weighted by Crippen LogP contribution is 2.40. The van der Waals surface area contributed by atoms with Gasteiger partial charge < -0.3 is 10.2 Å². The van der Waals surface area contributed by atoms with Gasteiger partial charge >= 0.3 is 0 Å². The van der Waals surface area contributed by atoms with Gasteiger partial charge in [-0.25, -0.2) is 0 Å². The highest BCUT2D eigenvalue weighted by Gasteiger charge is 2.41. The van der Waals surface area contributed by atoms with E-state index in [1.54, 1.807) is 0 Å². The standard InChI is InChI=1S/C18H20N2/c1-13-11-12-17-18(19-13)15-9-5-6-10-16(15)20(17)14-7-3-2-4-8-14/h2-5,7-9,11-13,17-19H,6,10H2,1H3. The number of rotatable bonds is 1. The topological polar surface area (TPSA) is 15.3 Å². The number of hydrogen-bond acceptors (Lipinski definition) is 2. The summed E-state index contributed by atoms with van der Waals surface area (Å²) in [5, 5.41) is 3.74. The number of benzene rings is 1. The van der Waals surface area contributed by atoms with E-state index in [-0.39, 0.29) is 0 Å². The third-order valence-corrected chi connectivity index (χ3v) is 4.52. The fraction of sp³-hybridized carbons (Fsp3) is 0.333. The number of nitrogens with one attached hydrogen (secondary N) is 1. The third kappa shape index (κ3) is 1.75. The molecule has 4 rings (SSSR count). The Hall–Kier alpha value is -1.80.